The number of aryl methyl sites for hydroxylation is 3. The molecule has 0 saturated carbocycles. The highest BCUT2D eigenvalue weighted by Crippen LogP contribution is 2.36. The van der Waals surface area contributed by atoms with Gasteiger partial charge in [0.2, 0.25) is 0 Å². The van der Waals surface area contributed by atoms with Gasteiger partial charge in [-0.3, -0.25) is 10.1 Å². The average Bonchev–Trinajstić information content (AvgIpc) is 3.56. The van der Waals surface area contributed by atoms with Crippen LogP contribution in [0.15, 0.2) is 60.9 Å². The standard InChI is InChI=1S/C27H25N5/c1-16-25(13-26-22(28)10-11-23(31-26)20-14-29-30-15-20)32-24-7-3-6-21(27(16)24)19-9-8-17-4-2-5-18(17)12-19/h3,6-12,14-15,32H,2,4-5,13,28H2,1H3,(H,29,30). The summed E-state index contributed by atoms with van der Waals surface area (Å²) in [7, 11) is 0. The molecule has 32 heavy (non-hydrogen) atoms. The first-order valence-corrected chi connectivity index (χ1v) is 11.1. The average molecular weight is 420 g/mol. The summed E-state index contributed by atoms with van der Waals surface area (Å²) in [5, 5.41) is 8.17. The molecular weight excluding hydrogens is 394 g/mol. The number of hydrogen-bond acceptors (Lipinski definition) is 3. The Kier molecular flexibility index (Phi) is 4.35. The molecule has 1 aliphatic rings. The van der Waals surface area contributed by atoms with Gasteiger partial charge in [-0.2, -0.15) is 5.10 Å². The fourth-order valence-electron chi connectivity index (χ4n) is 5.00. The Bertz CT molecular complexity index is 1440. The van der Waals surface area contributed by atoms with Crippen molar-refractivity contribution in [3.8, 4) is 22.4 Å². The highest BCUT2D eigenvalue weighted by molar-refractivity contribution is 5.98. The monoisotopic (exact) mass is 419 g/mol. The lowest BCUT2D eigenvalue weighted by molar-refractivity contribution is 0.912. The fourth-order valence-corrected chi connectivity index (χ4v) is 5.00. The number of fused-ring (bicyclic) bond motifs is 2. The lowest BCUT2D eigenvalue weighted by Crippen LogP contribution is -2.01. The van der Waals surface area contributed by atoms with Crippen LogP contribution in [0.1, 0.15) is 34.5 Å². The van der Waals surface area contributed by atoms with E-state index in [9.17, 15) is 0 Å². The largest absolute Gasteiger partial charge is 0.397 e. The van der Waals surface area contributed by atoms with E-state index in [0.717, 1.165) is 28.2 Å². The summed E-state index contributed by atoms with van der Waals surface area (Å²) in [5.41, 5.74) is 18.9. The van der Waals surface area contributed by atoms with Gasteiger partial charge in [0.1, 0.15) is 0 Å². The molecule has 2 aromatic carbocycles. The number of hydrogen-bond donors (Lipinski definition) is 3. The van der Waals surface area contributed by atoms with Crippen molar-refractivity contribution in [3.63, 3.8) is 0 Å². The molecule has 0 fully saturated rings. The lowest BCUT2D eigenvalue weighted by atomic mass is 9.96. The number of pyridine rings is 1. The van der Waals surface area contributed by atoms with Crippen LogP contribution in [0.25, 0.3) is 33.3 Å². The highest BCUT2D eigenvalue weighted by Gasteiger charge is 2.17. The molecule has 3 aromatic heterocycles. The van der Waals surface area contributed by atoms with Crippen molar-refractivity contribution in [3.05, 3.63) is 89.0 Å². The second-order valence-corrected chi connectivity index (χ2v) is 8.69. The summed E-state index contributed by atoms with van der Waals surface area (Å²) in [6.07, 6.45) is 7.94. The van der Waals surface area contributed by atoms with Gasteiger partial charge in [-0.15, -0.1) is 0 Å². The Balaban J connectivity index is 1.42. The van der Waals surface area contributed by atoms with Gasteiger partial charge in [-0.1, -0.05) is 30.3 Å². The summed E-state index contributed by atoms with van der Waals surface area (Å²) < 4.78 is 0. The zero-order valence-electron chi connectivity index (χ0n) is 18.1. The van der Waals surface area contributed by atoms with E-state index in [1.54, 1.807) is 6.20 Å². The minimum Gasteiger partial charge on any atom is -0.397 e. The number of H-pyrrole nitrogens is 2. The van der Waals surface area contributed by atoms with Crippen LogP contribution < -0.4 is 5.73 Å². The number of anilines is 1. The predicted molar refractivity (Wildman–Crippen MR) is 130 cm³/mol. The van der Waals surface area contributed by atoms with Crippen molar-refractivity contribution in [2.45, 2.75) is 32.6 Å². The second-order valence-electron chi connectivity index (χ2n) is 8.69. The Labute approximate surface area is 186 Å². The molecule has 0 bridgehead atoms. The van der Waals surface area contributed by atoms with Crippen LogP contribution in [0.3, 0.4) is 0 Å². The normalized spacial score (nSPS) is 13.0. The van der Waals surface area contributed by atoms with Crippen molar-refractivity contribution >= 4 is 16.6 Å². The van der Waals surface area contributed by atoms with Crippen molar-refractivity contribution in [1.29, 1.82) is 0 Å². The molecule has 0 aliphatic heterocycles. The molecule has 0 amide bonds. The van der Waals surface area contributed by atoms with Crippen LogP contribution in [-0.2, 0) is 19.3 Å². The van der Waals surface area contributed by atoms with Crippen molar-refractivity contribution in [1.82, 2.24) is 20.2 Å². The first-order chi connectivity index (χ1) is 15.7. The Morgan fingerprint density at radius 2 is 1.91 bits per heavy atom. The summed E-state index contributed by atoms with van der Waals surface area (Å²) in [6.45, 7) is 2.20. The molecule has 4 N–H and O–H groups in total. The summed E-state index contributed by atoms with van der Waals surface area (Å²) in [4.78, 5) is 8.48. The Hall–Kier alpha value is -3.86. The first-order valence-electron chi connectivity index (χ1n) is 11.1. The van der Waals surface area contributed by atoms with Gasteiger partial charge >= 0.3 is 0 Å². The number of nitrogen functional groups attached to an aromatic ring is 1. The Morgan fingerprint density at radius 1 is 1.00 bits per heavy atom. The van der Waals surface area contributed by atoms with Gasteiger partial charge in [0.25, 0.3) is 0 Å². The van der Waals surface area contributed by atoms with E-state index in [1.807, 2.05) is 18.3 Å². The smallest absolute Gasteiger partial charge is 0.0738 e. The molecule has 0 saturated heterocycles. The van der Waals surface area contributed by atoms with E-state index < -0.39 is 0 Å². The number of aromatic nitrogens is 4. The topological polar surface area (TPSA) is 83.4 Å². The van der Waals surface area contributed by atoms with Gasteiger partial charge < -0.3 is 10.7 Å². The quantitative estimate of drug-likeness (QED) is 0.355. The molecule has 0 radical (unpaired) electrons. The molecule has 158 valence electrons. The van der Waals surface area contributed by atoms with E-state index in [4.69, 9.17) is 10.7 Å². The van der Waals surface area contributed by atoms with Crippen molar-refractivity contribution < 1.29 is 0 Å². The molecule has 6 rings (SSSR count). The number of nitrogens with one attached hydrogen (secondary N) is 2. The van der Waals surface area contributed by atoms with Gasteiger partial charge in [0, 0.05) is 34.8 Å². The number of rotatable bonds is 4. The predicted octanol–water partition coefficient (Wildman–Crippen LogP) is 5.59. The second kappa shape index (κ2) is 7.38. The third-order valence-electron chi connectivity index (χ3n) is 6.73. The minimum absolute atomic E-state index is 0.654. The SMILES string of the molecule is Cc1c(Cc2nc(-c3cn[nH]c3)ccc2N)[nH]c2cccc(-c3ccc4c(c3)CCC4)c12. The summed E-state index contributed by atoms with van der Waals surface area (Å²) in [5.74, 6) is 0. The van der Waals surface area contributed by atoms with Crippen LogP contribution in [0, 0.1) is 6.92 Å². The Morgan fingerprint density at radius 3 is 2.78 bits per heavy atom. The maximum absolute atomic E-state index is 6.31. The number of nitrogens with zero attached hydrogens (tertiary/aromatic N) is 2. The molecule has 5 aromatic rings. The number of benzene rings is 2. The van der Waals surface area contributed by atoms with E-state index in [-0.39, 0.29) is 0 Å². The van der Waals surface area contributed by atoms with Crippen LogP contribution in [0.5, 0.6) is 0 Å². The van der Waals surface area contributed by atoms with Crippen LogP contribution >= 0.6 is 0 Å². The molecular formula is C27H25N5. The molecule has 3 heterocycles. The van der Waals surface area contributed by atoms with Crippen molar-refractivity contribution in [2.24, 2.45) is 0 Å². The fraction of sp³-hybridized carbons (Fsp3) is 0.185. The lowest BCUT2D eigenvalue weighted by Gasteiger charge is -2.09. The third-order valence-corrected chi connectivity index (χ3v) is 6.73. The van der Waals surface area contributed by atoms with Gasteiger partial charge in [0.05, 0.1) is 23.3 Å². The molecule has 5 heteroatoms. The third kappa shape index (κ3) is 3.09. The summed E-state index contributed by atoms with van der Waals surface area (Å²) >= 11 is 0. The molecule has 0 spiro atoms. The number of nitrogens with two attached hydrogens (primary N) is 1. The number of aromatic amines is 2. The van der Waals surface area contributed by atoms with E-state index in [1.165, 1.54) is 52.5 Å². The first kappa shape index (κ1) is 18.9. The molecule has 5 nitrogen and oxygen atoms in total. The maximum atomic E-state index is 6.31. The van der Waals surface area contributed by atoms with Crippen LogP contribution in [-0.4, -0.2) is 20.2 Å². The van der Waals surface area contributed by atoms with Gasteiger partial charge in [0.15, 0.2) is 0 Å². The molecule has 0 atom stereocenters. The van der Waals surface area contributed by atoms with Crippen LogP contribution in [0.4, 0.5) is 5.69 Å². The molecule has 1 aliphatic carbocycles. The zero-order chi connectivity index (χ0) is 21.7. The molecule has 0 unspecified atom stereocenters. The van der Waals surface area contributed by atoms with E-state index in [0.29, 0.717) is 12.1 Å². The van der Waals surface area contributed by atoms with Gasteiger partial charge in [-0.05, 0) is 72.2 Å². The zero-order valence-corrected chi connectivity index (χ0v) is 18.1. The summed E-state index contributed by atoms with van der Waals surface area (Å²) in [6, 6.07) is 17.4. The van der Waals surface area contributed by atoms with Crippen molar-refractivity contribution in [2.75, 3.05) is 5.73 Å². The minimum atomic E-state index is 0.654. The highest BCUT2D eigenvalue weighted by atomic mass is 15.1. The van der Waals surface area contributed by atoms with E-state index >= 15 is 0 Å². The van der Waals surface area contributed by atoms with Crippen LogP contribution in [0.2, 0.25) is 0 Å². The van der Waals surface area contributed by atoms with E-state index in [2.05, 4.69) is 58.5 Å². The maximum Gasteiger partial charge on any atom is 0.0738 e. The van der Waals surface area contributed by atoms with Gasteiger partial charge in [-0.25, -0.2) is 0 Å².